The number of Topliss-reactive ketones (excluding diaryl/α,β-unsaturated/α-hetero) is 2. The summed E-state index contributed by atoms with van der Waals surface area (Å²) in [7, 11) is 0. The first-order valence-corrected chi connectivity index (χ1v) is 10.6. The number of cyclic esters (lactones) is 2. The molecule has 7 nitrogen and oxygen atoms in total. The van der Waals surface area contributed by atoms with Gasteiger partial charge in [0, 0.05) is 0 Å². The molecule has 4 unspecified atom stereocenters. The number of ketones is 2. The van der Waals surface area contributed by atoms with Gasteiger partial charge < -0.3 is 9.47 Å². The van der Waals surface area contributed by atoms with Gasteiger partial charge >= 0.3 is 17.9 Å². The molecule has 0 aromatic rings. The quantitative estimate of drug-likeness (QED) is 0.477. The molecule has 1 saturated heterocycles. The Balaban J connectivity index is 2.69. The number of ether oxygens (including phenoxy) is 2. The second-order valence-corrected chi connectivity index (χ2v) is 10.4. The molecule has 4 atom stereocenters. The number of hydrogen-bond acceptors (Lipinski definition) is 7. The summed E-state index contributed by atoms with van der Waals surface area (Å²) in [5.41, 5.74) is -4.18. The topological polar surface area (TPSA) is 104 Å². The molecule has 1 aliphatic heterocycles. The average molecular weight is 423 g/mol. The van der Waals surface area contributed by atoms with Crippen LogP contribution in [0.4, 0.5) is 0 Å². The molecule has 0 amide bonds. The van der Waals surface area contributed by atoms with E-state index in [0.717, 1.165) is 0 Å². The van der Waals surface area contributed by atoms with Crippen molar-refractivity contribution in [1.29, 1.82) is 0 Å². The maximum atomic E-state index is 13.7. The highest BCUT2D eigenvalue weighted by Crippen LogP contribution is 2.66. The van der Waals surface area contributed by atoms with E-state index in [2.05, 4.69) is 0 Å². The van der Waals surface area contributed by atoms with Crippen molar-refractivity contribution in [2.75, 3.05) is 0 Å². The number of esters is 3. The maximum absolute atomic E-state index is 13.7. The average Bonchev–Trinajstić information content (AvgIpc) is 3.01. The molecule has 7 heteroatoms. The van der Waals surface area contributed by atoms with Crippen LogP contribution in [0.3, 0.4) is 0 Å². The van der Waals surface area contributed by atoms with Crippen LogP contribution >= 0.6 is 0 Å². The zero-order valence-electron chi connectivity index (χ0n) is 19.3. The SMILES string of the molecule is CCC1(C)CC(C(C)=O)(C(C)=O)CC1(CC1C(=O)OC(=O)C1C)C(=O)OC(C)(C)C. The lowest BCUT2D eigenvalue weighted by atomic mass is 9.60. The van der Waals surface area contributed by atoms with Gasteiger partial charge in [-0.3, -0.25) is 24.0 Å². The van der Waals surface area contributed by atoms with Crippen LogP contribution in [-0.2, 0) is 33.4 Å². The van der Waals surface area contributed by atoms with Gasteiger partial charge in [0.1, 0.15) is 17.2 Å². The van der Waals surface area contributed by atoms with Crippen LogP contribution in [-0.4, -0.2) is 35.1 Å². The lowest BCUT2D eigenvalue weighted by molar-refractivity contribution is -0.177. The Morgan fingerprint density at radius 2 is 1.60 bits per heavy atom. The monoisotopic (exact) mass is 422 g/mol. The van der Waals surface area contributed by atoms with Gasteiger partial charge in [0.15, 0.2) is 0 Å². The molecular weight excluding hydrogens is 388 g/mol. The molecule has 1 saturated carbocycles. The molecule has 2 rings (SSSR count). The van der Waals surface area contributed by atoms with E-state index >= 15 is 0 Å². The molecule has 0 spiro atoms. The zero-order valence-corrected chi connectivity index (χ0v) is 19.3. The first-order valence-electron chi connectivity index (χ1n) is 10.6. The lowest BCUT2D eigenvalue weighted by Gasteiger charge is -2.43. The Labute approximate surface area is 178 Å². The first kappa shape index (κ1) is 24.2. The van der Waals surface area contributed by atoms with Gasteiger partial charge in [-0.05, 0) is 65.7 Å². The summed E-state index contributed by atoms with van der Waals surface area (Å²) in [5.74, 6) is -3.95. The molecule has 0 N–H and O–H groups in total. The second-order valence-electron chi connectivity index (χ2n) is 10.4. The predicted octanol–water partition coefficient (Wildman–Crippen LogP) is 3.41. The van der Waals surface area contributed by atoms with Crippen LogP contribution in [0.1, 0.15) is 81.1 Å². The van der Waals surface area contributed by atoms with Crippen LogP contribution in [0.2, 0.25) is 0 Å². The van der Waals surface area contributed by atoms with Crippen molar-refractivity contribution in [1.82, 2.24) is 0 Å². The minimum absolute atomic E-state index is 0.000301. The summed E-state index contributed by atoms with van der Waals surface area (Å²) >= 11 is 0. The van der Waals surface area contributed by atoms with Gasteiger partial charge in [0.2, 0.25) is 0 Å². The van der Waals surface area contributed by atoms with Gasteiger partial charge in [-0.15, -0.1) is 0 Å². The number of rotatable bonds is 6. The Morgan fingerprint density at radius 3 is 1.97 bits per heavy atom. The van der Waals surface area contributed by atoms with Gasteiger partial charge in [-0.2, -0.15) is 0 Å². The Hall–Kier alpha value is -2.05. The molecule has 2 aliphatic rings. The van der Waals surface area contributed by atoms with Crippen LogP contribution < -0.4 is 0 Å². The van der Waals surface area contributed by atoms with Crippen molar-refractivity contribution in [3.8, 4) is 0 Å². The molecule has 0 aromatic carbocycles. The fraction of sp³-hybridized carbons (Fsp3) is 0.783. The Bertz CT molecular complexity index is 776. The van der Waals surface area contributed by atoms with Crippen LogP contribution in [0.5, 0.6) is 0 Å². The van der Waals surface area contributed by atoms with E-state index in [-0.39, 0.29) is 30.8 Å². The van der Waals surface area contributed by atoms with Crippen molar-refractivity contribution in [2.24, 2.45) is 28.1 Å². The van der Waals surface area contributed by atoms with Gasteiger partial charge in [0.05, 0.1) is 22.7 Å². The minimum Gasteiger partial charge on any atom is -0.460 e. The number of hydrogen-bond donors (Lipinski definition) is 0. The highest BCUT2D eigenvalue weighted by Gasteiger charge is 2.69. The van der Waals surface area contributed by atoms with E-state index in [1.54, 1.807) is 27.7 Å². The standard InChI is InChI=1S/C23H34O7/c1-9-21(8)11-22(14(3)24,15(4)25)12-23(21,19(28)30-20(5,6)7)10-16-13(2)17(26)29-18(16)27/h13,16H,9-12H2,1-8H3. The van der Waals surface area contributed by atoms with Crippen molar-refractivity contribution in [3.63, 3.8) is 0 Å². The van der Waals surface area contributed by atoms with E-state index in [4.69, 9.17) is 9.47 Å². The lowest BCUT2D eigenvalue weighted by Crippen LogP contribution is -2.48. The second kappa shape index (κ2) is 7.57. The maximum Gasteiger partial charge on any atom is 0.317 e. The van der Waals surface area contributed by atoms with Crippen molar-refractivity contribution in [3.05, 3.63) is 0 Å². The van der Waals surface area contributed by atoms with E-state index in [0.29, 0.717) is 6.42 Å². The fourth-order valence-corrected chi connectivity index (χ4v) is 5.20. The van der Waals surface area contributed by atoms with Gasteiger partial charge in [-0.25, -0.2) is 0 Å². The Kier molecular flexibility index (Phi) is 6.12. The minimum atomic E-state index is -1.32. The van der Waals surface area contributed by atoms with E-state index in [9.17, 15) is 24.0 Å². The van der Waals surface area contributed by atoms with Crippen LogP contribution in [0.25, 0.3) is 0 Å². The summed E-state index contributed by atoms with van der Waals surface area (Å²) in [4.78, 5) is 63.5. The molecule has 1 heterocycles. The van der Waals surface area contributed by atoms with Crippen LogP contribution in [0.15, 0.2) is 0 Å². The third kappa shape index (κ3) is 3.71. The van der Waals surface area contributed by atoms with E-state index < -0.39 is 51.6 Å². The molecule has 30 heavy (non-hydrogen) atoms. The molecule has 0 radical (unpaired) electrons. The van der Waals surface area contributed by atoms with Crippen LogP contribution in [0, 0.1) is 28.1 Å². The van der Waals surface area contributed by atoms with Crippen molar-refractivity contribution < 1.29 is 33.4 Å². The number of carbonyl (C=O) groups excluding carboxylic acids is 5. The summed E-state index contributed by atoms with van der Waals surface area (Å²) in [5, 5.41) is 0. The summed E-state index contributed by atoms with van der Waals surface area (Å²) in [6.45, 7) is 13.4. The van der Waals surface area contributed by atoms with Gasteiger partial charge in [0.25, 0.3) is 0 Å². The third-order valence-corrected chi connectivity index (χ3v) is 7.42. The predicted molar refractivity (Wildman–Crippen MR) is 108 cm³/mol. The van der Waals surface area contributed by atoms with Gasteiger partial charge in [-0.1, -0.05) is 20.8 Å². The first-order chi connectivity index (χ1) is 13.5. The van der Waals surface area contributed by atoms with E-state index in [1.165, 1.54) is 13.8 Å². The summed E-state index contributed by atoms with van der Waals surface area (Å²) in [6.07, 6.45) is 0.665. The highest BCUT2D eigenvalue weighted by atomic mass is 16.6. The third-order valence-electron chi connectivity index (χ3n) is 7.42. The molecular formula is C23H34O7. The zero-order chi connectivity index (χ0) is 23.3. The molecule has 1 aliphatic carbocycles. The summed E-state index contributed by atoms with van der Waals surface area (Å²) < 4.78 is 10.6. The smallest absolute Gasteiger partial charge is 0.317 e. The highest BCUT2D eigenvalue weighted by molar-refractivity contribution is 6.06. The molecule has 0 aromatic heterocycles. The fourth-order valence-electron chi connectivity index (χ4n) is 5.20. The molecule has 2 fully saturated rings. The van der Waals surface area contributed by atoms with Crippen molar-refractivity contribution >= 4 is 29.5 Å². The Morgan fingerprint density at radius 1 is 1.07 bits per heavy atom. The number of carbonyl (C=O) groups is 5. The van der Waals surface area contributed by atoms with E-state index in [1.807, 2.05) is 13.8 Å². The largest absolute Gasteiger partial charge is 0.460 e. The van der Waals surface area contributed by atoms with Crippen molar-refractivity contribution in [2.45, 2.75) is 86.7 Å². The summed E-state index contributed by atoms with van der Waals surface area (Å²) in [6, 6.07) is 0. The molecule has 0 bridgehead atoms. The molecule has 168 valence electrons. The normalized spacial score (nSPS) is 33.3.